The minimum absolute atomic E-state index is 0.118. The van der Waals surface area contributed by atoms with E-state index in [-0.39, 0.29) is 34.6 Å². The molecule has 6 heteroatoms. The van der Waals surface area contributed by atoms with Gasteiger partial charge in [0.1, 0.15) is 5.82 Å². The summed E-state index contributed by atoms with van der Waals surface area (Å²) in [6.45, 7) is 3.47. The summed E-state index contributed by atoms with van der Waals surface area (Å²) in [5, 5.41) is 5.51. The Balaban J connectivity index is 1.92. The number of benzene rings is 2. The summed E-state index contributed by atoms with van der Waals surface area (Å²) in [6.07, 6.45) is 0.118. The van der Waals surface area contributed by atoms with E-state index in [1.54, 1.807) is 38.1 Å². The van der Waals surface area contributed by atoms with Crippen LogP contribution in [0, 0.1) is 12.7 Å². The maximum atomic E-state index is 13.4. The van der Waals surface area contributed by atoms with Crippen LogP contribution in [0.1, 0.15) is 29.3 Å². The molecule has 24 heavy (non-hydrogen) atoms. The summed E-state index contributed by atoms with van der Waals surface area (Å²) < 4.78 is 13.7. The van der Waals surface area contributed by atoms with Gasteiger partial charge in [0.25, 0.3) is 5.91 Å². The van der Waals surface area contributed by atoms with E-state index in [1.807, 2.05) is 6.07 Å². The van der Waals surface area contributed by atoms with Crippen molar-refractivity contribution < 1.29 is 14.0 Å². The van der Waals surface area contributed by atoms with Crippen molar-refractivity contribution in [1.82, 2.24) is 5.32 Å². The maximum absolute atomic E-state index is 13.4. The molecule has 2 aromatic carbocycles. The molecule has 0 aliphatic carbocycles. The number of carbonyl (C=O) groups is 2. The second-order valence-electron chi connectivity index (χ2n) is 5.57. The van der Waals surface area contributed by atoms with E-state index in [1.165, 1.54) is 12.1 Å². The first-order valence-electron chi connectivity index (χ1n) is 7.48. The summed E-state index contributed by atoms with van der Waals surface area (Å²) in [4.78, 5) is 24.2. The first-order chi connectivity index (χ1) is 11.4. The van der Waals surface area contributed by atoms with Gasteiger partial charge in [-0.25, -0.2) is 4.39 Å². The Kier molecular flexibility index (Phi) is 6.09. The molecule has 2 rings (SSSR count). The highest BCUT2D eigenvalue weighted by Crippen LogP contribution is 2.24. The third kappa shape index (κ3) is 4.89. The zero-order valence-corrected chi connectivity index (χ0v) is 15.0. The van der Waals surface area contributed by atoms with Crippen molar-refractivity contribution in [2.24, 2.45) is 0 Å². The molecular weight excluding hydrogens is 375 g/mol. The third-order valence-electron chi connectivity index (χ3n) is 3.45. The summed E-state index contributed by atoms with van der Waals surface area (Å²) in [5.74, 6) is -0.858. The molecule has 0 bridgehead atoms. The minimum atomic E-state index is -0.381. The molecule has 0 spiro atoms. The standard InChI is InChI=1S/C18H18BrFN2O2/c1-11-8-15(20)14(19)10-16(11)22-17(23)9-12(2)21-18(24)13-6-4-3-5-7-13/h3-8,10,12H,9H2,1-2H3,(H,21,24)(H,22,23)/t12-/m0/s1. The fraction of sp³-hybridized carbons (Fsp3) is 0.222. The van der Waals surface area contributed by atoms with Crippen molar-refractivity contribution in [2.75, 3.05) is 5.32 Å². The fourth-order valence-electron chi connectivity index (χ4n) is 2.21. The number of anilines is 1. The zero-order chi connectivity index (χ0) is 17.7. The quantitative estimate of drug-likeness (QED) is 0.806. The molecule has 0 radical (unpaired) electrons. The number of nitrogens with one attached hydrogen (secondary N) is 2. The first-order valence-corrected chi connectivity index (χ1v) is 8.27. The Labute approximate surface area is 148 Å². The average molecular weight is 393 g/mol. The highest BCUT2D eigenvalue weighted by Gasteiger charge is 2.14. The van der Waals surface area contributed by atoms with E-state index in [0.29, 0.717) is 16.8 Å². The normalized spacial score (nSPS) is 11.7. The van der Waals surface area contributed by atoms with Crippen molar-refractivity contribution in [2.45, 2.75) is 26.3 Å². The van der Waals surface area contributed by atoms with E-state index in [0.717, 1.165) is 0 Å². The SMILES string of the molecule is Cc1cc(F)c(Br)cc1NC(=O)C[C@H](C)NC(=O)c1ccccc1. The Morgan fingerprint density at radius 1 is 1.21 bits per heavy atom. The summed E-state index contributed by atoms with van der Waals surface area (Å²) in [5.41, 5.74) is 1.71. The van der Waals surface area contributed by atoms with E-state index < -0.39 is 0 Å². The topological polar surface area (TPSA) is 58.2 Å². The van der Waals surface area contributed by atoms with Crippen LogP contribution in [0.5, 0.6) is 0 Å². The Morgan fingerprint density at radius 3 is 2.54 bits per heavy atom. The Morgan fingerprint density at radius 2 is 1.88 bits per heavy atom. The third-order valence-corrected chi connectivity index (χ3v) is 4.05. The lowest BCUT2D eigenvalue weighted by Crippen LogP contribution is -2.35. The van der Waals surface area contributed by atoms with Crippen LogP contribution in [0.15, 0.2) is 46.9 Å². The number of hydrogen-bond donors (Lipinski definition) is 2. The van der Waals surface area contributed by atoms with Crippen LogP contribution in [0.25, 0.3) is 0 Å². The van der Waals surface area contributed by atoms with Crippen molar-refractivity contribution in [3.8, 4) is 0 Å². The largest absolute Gasteiger partial charge is 0.349 e. The van der Waals surface area contributed by atoms with Crippen molar-refractivity contribution in [3.63, 3.8) is 0 Å². The van der Waals surface area contributed by atoms with Crippen LogP contribution in [-0.2, 0) is 4.79 Å². The maximum Gasteiger partial charge on any atom is 0.251 e. The molecule has 0 aliphatic rings. The van der Waals surface area contributed by atoms with Gasteiger partial charge in [-0.1, -0.05) is 18.2 Å². The van der Waals surface area contributed by atoms with E-state index in [2.05, 4.69) is 26.6 Å². The van der Waals surface area contributed by atoms with Crippen LogP contribution < -0.4 is 10.6 Å². The molecule has 2 aromatic rings. The second-order valence-corrected chi connectivity index (χ2v) is 6.43. The van der Waals surface area contributed by atoms with E-state index in [9.17, 15) is 14.0 Å². The number of hydrogen-bond acceptors (Lipinski definition) is 2. The van der Waals surface area contributed by atoms with Gasteiger partial charge in [-0.3, -0.25) is 9.59 Å². The summed E-state index contributed by atoms with van der Waals surface area (Å²) in [6, 6.07) is 11.3. The van der Waals surface area contributed by atoms with E-state index in [4.69, 9.17) is 0 Å². The molecule has 0 fully saturated rings. The molecule has 4 nitrogen and oxygen atoms in total. The predicted octanol–water partition coefficient (Wildman–Crippen LogP) is 4.04. The molecule has 0 unspecified atom stereocenters. The molecule has 0 saturated carbocycles. The number of amides is 2. The van der Waals surface area contributed by atoms with Gasteiger partial charge < -0.3 is 10.6 Å². The second kappa shape index (κ2) is 8.06. The van der Waals surface area contributed by atoms with Crippen molar-refractivity contribution in [1.29, 1.82) is 0 Å². The summed E-state index contributed by atoms with van der Waals surface area (Å²) >= 11 is 3.10. The number of aryl methyl sites for hydroxylation is 1. The van der Waals surface area contributed by atoms with Crippen molar-refractivity contribution >= 4 is 33.4 Å². The van der Waals surface area contributed by atoms with Crippen LogP contribution in [0.4, 0.5) is 10.1 Å². The summed E-state index contributed by atoms with van der Waals surface area (Å²) in [7, 11) is 0. The van der Waals surface area contributed by atoms with Gasteiger partial charge in [0.05, 0.1) is 4.47 Å². The molecule has 126 valence electrons. The number of rotatable bonds is 5. The molecule has 0 heterocycles. The average Bonchev–Trinajstić information content (AvgIpc) is 2.53. The number of carbonyl (C=O) groups excluding carboxylic acids is 2. The van der Waals surface area contributed by atoms with Crippen LogP contribution >= 0.6 is 15.9 Å². The minimum Gasteiger partial charge on any atom is -0.349 e. The smallest absolute Gasteiger partial charge is 0.251 e. The van der Waals surface area contributed by atoms with E-state index >= 15 is 0 Å². The molecule has 0 aromatic heterocycles. The van der Waals surface area contributed by atoms with Crippen molar-refractivity contribution in [3.05, 3.63) is 63.9 Å². The predicted molar refractivity (Wildman–Crippen MR) is 95.5 cm³/mol. The van der Waals surface area contributed by atoms with Crippen LogP contribution in [0.3, 0.4) is 0 Å². The molecule has 2 amide bonds. The van der Waals surface area contributed by atoms with Crippen LogP contribution in [-0.4, -0.2) is 17.9 Å². The van der Waals surface area contributed by atoms with Gasteiger partial charge in [0.15, 0.2) is 0 Å². The fourth-order valence-corrected chi connectivity index (χ4v) is 2.55. The monoisotopic (exact) mass is 392 g/mol. The number of halogens is 2. The van der Waals surface area contributed by atoms with Gasteiger partial charge in [0, 0.05) is 23.7 Å². The van der Waals surface area contributed by atoms with Gasteiger partial charge in [-0.2, -0.15) is 0 Å². The van der Waals surface area contributed by atoms with Gasteiger partial charge in [-0.05, 0) is 59.6 Å². The lowest BCUT2D eigenvalue weighted by Gasteiger charge is -2.15. The van der Waals surface area contributed by atoms with Crippen LogP contribution in [0.2, 0.25) is 0 Å². The van der Waals surface area contributed by atoms with Gasteiger partial charge >= 0.3 is 0 Å². The lowest BCUT2D eigenvalue weighted by atomic mass is 10.1. The Bertz CT molecular complexity index is 750. The lowest BCUT2D eigenvalue weighted by molar-refractivity contribution is -0.116. The zero-order valence-electron chi connectivity index (χ0n) is 13.4. The molecular formula is C18H18BrFN2O2. The Hall–Kier alpha value is -2.21. The molecule has 2 N–H and O–H groups in total. The molecule has 0 saturated heterocycles. The first kappa shape index (κ1) is 18.1. The molecule has 1 atom stereocenters. The van der Waals surface area contributed by atoms with Gasteiger partial charge in [0.2, 0.25) is 5.91 Å². The highest BCUT2D eigenvalue weighted by atomic mass is 79.9. The molecule has 0 aliphatic heterocycles. The highest BCUT2D eigenvalue weighted by molar-refractivity contribution is 9.10. The van der Waals surface area contributed by atoms with Gasteiger partial charge in [-0.15, -0.1) is 0 Å².